The number of thiocarbonyl (C=S) groups is 1. The van der Waals surface area contributed by atoms with Crippen LogP contribution in [0.3, 0.4) is 0 Å². The van der Waals surface area contributed by atoms with E-state index in [-0.39, 0.29) is 11.7 Å². The quantitative estimate of drug-likeness (QED) is 0.721. The number of phenols is 1. The summed E-state index contributed by atoms with van der Waals surface area (Å²) in [6, 6.07) is 3.66. The Morgan fingerprint density at radius 2 is 1.76 bits per heavy atom. The molecule has 0 aromatic heterocycles. The normalized spacial score (nSPS) is 13.0. The summed E-state index contributed by atoms with van der Waals surface area (Å²) < 4.78 is 0. The predicted molar refractivity (Wildman–Crippen MR) is 94.5 cm³/mol. The Labute approximate surface area is 134 Å². The lowest BCUT2D eigenvalue weighted by Crippen LogP contribution is -2.24. The minimum Gasteiger partial charge on any atom is -0.508 e. The maximum Gasteiger partial charge on any atom is 0.226 e. The number of phenolic OH excluding ortho intramolecular Hbond substituents is 1. The van der Waals surface area contributed by atoms with Crippen molar-refractivity contribution in [3.8, 4) is 5.75 Å². The number of anilines is 1. The number of amides is 1. The van der Waals surface area contributed by atoms with Crippen molar-refractivity contribution in [3.05, 3.63) is 23.3 Å². The smallest absolute Gasteiger partial charge is 0.226 e. The first kappa shape index (κ1) is 19.6. The number of aromatic hydroxyl groups is 1. The van der Waals surface area contributed by atoms with Gasteiger partial charge in [-0.2, -0.15) is 0 Å². The first-order valence-corrected chi connectivity index (χ1v) is 7.80. The molecule has 3 nitrogen and oxygen atoms in total. The first-order valence-electron chi connectivity index (χ1n) is 7.39. The molecule has 1 aliphatic rings. The summed E-state index contributed by atoms with van der Waals surface area (Å²) in [6.45, 7) is 9.67. The lowest BCUT2D eigenvalue weighted by Gasteiger charge is -2.18. The van der Waals surface area contributed by atoms with Crippen LogP contribution < -0.4 is 4.90 Å². The Hall–Kier alpha value is -1.42. The summed E-state index contributed by atoms with van der Waals surface area (Å²) in [7, 11) is 1.77. The van der Waals surface area contributed by atoms with Crippen molar-refractivity contribution in [1.82, 2.24) is 0 Å². The van der Waals surface area contributed by atoms with Crippen molar-refractivity contribution in [2.45, 2.75) is 53.9 Å². The van der Waals surface area contributed by atoms with Crippen molar-refractivity contribution < 1.29 is 9.90 Å². The fourth-order valence-electron chi connectivity index (χ4n) is 1.99. The molecule has 1 N–H and O–H groups in total. The molecule has 118 valence electrons. The molecule has 0 spiro atoms. The van der Waals surface area contributed by atoms with Crippen LogP contribution in [0.2, 0.25) is 0 Å². The monoisotopic (exact) mass is 309 g/mol. The molecule has 1 aromatic carbocycles. The van der Waals surface area contributed by atoms with Gasteiger partial charge < -0.3 is 10.0 Å². The van der Waals surface area contributed by atoms with Crippen LogP contribution in [0.1, 0.15) is 51.7 Å². The third-order valence-electron chi connectivity index (χ3n) is 2.97. The van der Waals surface area contributed by atoms with E-state index in [1.807, 2.05) is 40.7 Å². The largest absolute Gasteiger partial charge is 0.508 e. The van der Waals surface area contributed by atoms with Gasteiger partial charge in [0.2, 0.25) is 5.91 Å². The third kappa shape index (κ3) is 6.25. The van der Waals surface area contributed by atoms with E-state index in [4.69, 9.17) is 0 Å². The molecule has 1 heterocycles. The zero-order valence-electron chi connectivity index (χ0n) is 14.0. The number of aryl methyl sites for hydroxylation is 2. The average molecular weight is 309 g/mol. The molecule has 0 aliphatic carbocycles. The van der Waals surface area contributed by atoms with Gasteiger partial charge in [-0.3, -0.25) is 4.79 Å². The number of hydrogen-bond donors (Lipinski definition) is 1. The van der Waals surface area contributed by atoms with E-state index in [0.717, 1.165) is 34.5 Å². The van der Waals surface area contributed by atoms with E-state index >= 15 is 0 Å². The maximum absolute atomic E-state index is 11.6. The van der Waals surface area contributed by atoms with Crippen molar-refractivity contribution in [3.63, 3.8) is 0 Å². The third-order valence-corrected chi connectivity index (χ3v) is 2.97. The van der Waals surface area contributed by atoms with Gasteiger partial charge in [0.15, 0.2) is 0 Å². The minimum atomic E-state index is 0.122. The van der Waals surface area contributed by atoms with Crippen molar-refractivity contribution in [1.29, 1.82) is 0 Å². The lowest BCUT2D eigenvalue weighted by atomic mass is 10.0. The highest BCUT2D eigenvalue weighted by atomic mass is 32.1. The van der Waals surface area contributed by atoms with Gasteiger partial charge in [0.05, 0.1) is 5.69 Å². The van der Waals surface area contributed by atoms with Crippen LogP contribution in [-0.4, -0.2) is 22.9 Å². The Morgan fingerprint density at radius 1 is 1.24 bits per heavy atom. The highest BCUT2D eigenvalue weighted by Gasteiger charge is 2.19. The van der Waals surface area contributed by atoms with Gasteiger partial charge in [-0.1, -0.05) is 32.1 Å². The zero-order valence-corrected chi connectivity index (χ0v) is 14.8. The number of hydrogen-bond acceptors (Lipinski definition) is 3. The van der Waals surface area contributed by atoms with Crippen molar-refractivity contribution >= 4 is 28.7 Å². The van der Waals surface area contributed by atoms with Crippen LogP contribution in [0, 0.1) is 6.92 Å². The Kier molecular flexibility index (Phi) is 8.86. The lowest BCUT2D eigenvalue weighted by molar-refractivity contribution is -0.118. The maximum atomic E-state index is 11.6. The summed E-state index contributed by atoms with van der Waals surface area (Å²) in [4.78, 5) is 14.3. The number of nitrogens with zero attached hydrogens (tertiary/aromatic N) is 1. The minimum absolute atomic E-state index is 0.122. The van der Waals surface area contributed by atoms with Crippen LogP contribution in [-0.2, 0) is 11.2 Å². The zero-order chi connectivity index (χ0) is 16.6. The number of carbonyl (C=O) groups is 1. The molecule has 0 saturated heterocycles. The van der Waals surface area contributed by atoms with E-state index in [0.29, 0.717) is 6.42 Å². The predicted octanol–water partition coefficient (Wildman–Crippen LogP) is 4.42. The number of benzene rings is 1. The van der Waals surface area contributed by atoms with E-state index in [1.54, 1.807) is 18.0 Å². The Morgan fingerprint density at radius 3 is 2.29 bits per heavy atom. The second-order valence-electron chi connectivity index (χ2n) is 4.98. The Bertz CT molecular complexity index is 494. The van der Waals surface area contributed by atoms with E-state index in [9.17, 15) is 9.90 Å². The highest BCUT2D eigenvalue weighted by Crippen LogP contribution is 2.31. The number of fused-ring (bicyclic) bond motifs is 1. The molecule has 0 radical (unpaired) electrons. The summed E-state index contributed by atoms with van der Waals surface area (Å²) in [5.74, 6) is 0.382. The van der Waals surface area contributed by atoms with Crippen LogP contribution in [0.15, 0.2) is 12.1 Å². The van der Waals surface area contributed by atoms with Crippen molar-refractivity contribution in [2.75, 3.05) is 11.9 Å². The highest BCUT2D eigenvalue weighted by molar-refractivity contribution is 7.80. The molecule has 0 unspecified atom stereocenters. The van der Waals surface area contributed by atoms with Gasteiger partial charge in [0, 0.05) is 19.5 Å². The number of carbonyl (C=O) groups excluding carboxylic acids is 1. The summed E-state index contributed by atoms with van der Waals surface area (Å²) in [5, 5.41) is 9.63. The molecule has 4 heteroatoms. The summed E-state index contributed by atoms with van der Waals surface area (Å²) in [5.41, 5.74) is 2.87. The second-order valence-corrected chi connectivity index (χ2v) is 5.80. The fraction of sp³-hybridized carbons (Fsp3) is 0.529. The van der Waals surface area contributed by atoms with E-state index < -0.39 is 0 Å². The van der Waals surface area contributed by atoms with E-state index in [2.05, 4.69) is 12.2 Å². The molecular weight excluding hydrogens is 282 g/mol. The van der Waals surface area contributed by atoms with Gasteiger partial charge in [-0.05, 0) is 49.6 Å². The van der Waals surface area contributed by atoms with Gasteiger partial charge >= 0.3 is 0 Å². The van der Waals surface area contributed by atoms with Gasteiger partial charge in [0.1, 0.15) is 5.75 Å². The van der Waals surface area contributed by atoms with E-state index in [1.165, 1.54) is 0 Å². The molecule has 21 heavy (non-hydrogen) atoms. The topological polar surface area (TPSA) is 40.5 Å². The number of rotatable bonds is 0. The van der Waals surface area contributed by atoms with Gasteiger partial charge in [0.25, 0.3) is 0 Å². The van der Waals surface area contributed by atoms with Crippen molar-refractivity contribution in [2.24, 2.45) is 0 Å². The average Bonchev–Trinajstić information content (AvgIpc) is 2.54. The molecule has 0 atom stereocenters. The second kappa shape index (κ2) is 9.50. The molecule has 1 aromatic rings. The molecule has 0 fully saturated rings. The van der Waals surface area contributed by atoms with Crippen LogP contribution in [0.5, 0.6) is 5.75 Å². The molecule has 0 saturated carbocycles. The first-order chi connectivity index (χ1) is 9.82. The molecule has 1 amide bonds. The fourth-order valence-corrected chi connectivity index (χ4v) is 1.99. The molecule has 2 rings (SSSR count). The van der Waals surface area contributed by atoms with Crippen LogP contribution in [0.4, 0.5) is 5.69 Å². The summed E-state index contributed by atoms with van der Waals surface area (Å²) >= 11 is 4.54. The molecular formula is C17H27NO2S. The SMILES string of the molecule is CC.CC(C)=S.Cc1cc2c(cc1O)N(C)C(=O)CCC2. The molecule has 0 bridgehead atoms. The summed E-state index contributed by atoms with van der Waals surface area (Å²) in [6.07, 6.45) is 2.39. The molecule has 1 aliphatic heterocycles. The van der Waals surface area contributed by atoms with Crippen LogP contribution in [0.25, 0.3) is 0 Å². The van der Waals surface area contributed by atoms with Gasteiger partial charge in [-0.15, -0.1) is 0 Å². The Balaban J connectivity index is 0.000000579. The van der Waals surface area contributed by atoms with Crippen LogP contribution >= 0.6 is 12.2 Å². The van der Waals surface area contributed by atoms with Gasteiger partial charge in [-0.25, -0.2) is 0 Å². The standard InChI is InChI=1S/C12H15NO2.C3H6S.C2H6/c1-8-6-9-4-3-5-12(15)13(2)10(9)7-11(8)14;1-3(2)4;1-2/h6-7,14H,3-5H2,1-2H3;1-2H3;1-2H3.